The zero-order chi connectivity index (χ0) is 19.5. The summed E-state index contributed by atoms with van der Waals surface area (Å²) < 4.78 is 9.81. The van der Waals surface area contributed by atoms with Crippen molar-refractivity contribution >= 4 is 33.9 Å². The number of ether oxygens (including phenoxy) is 1. The number of methoxy groups -OCH3 is 1. The molecule has 1 aromatic carbocycles. The number of rotatable bonds is 5. The van der Waals surface area contributed by atoms with Crippen LogP contribution >= 0.6 is 22.9 Å². The molecule has 0 aliphatic carbocycles. The third-order valence-electron chi connectivity index (χ3n) is 4.84. The van der Waals surface area contributed by atoms with E-state index in [0.29, 0.717) is 13.0 Å². The van der Waals surface area contributed by atoms with Crippen LogP contribution < -0.4 is 9.64 Å². The number of carbonyl (C=O) groups is 1. The monoisotopic (exact) mass is 414 g/mol. The van der Waals surface area contributed by atoms with Crippen LogP contribution in [0.3, 0.4) is 0 Å². The largest absolute Gasteiger partial charge is 0.497 e. The van der Waals surface area contributed by atoms with Crippen LogP contribution in [0.5, 0.6) is 5.75 Å². The zero-order valence-electron chi connectivity index (χ0n) is 15.9. The first-order chi connectivity index (χ1) is 13.6. The highest BCUT2D eigenvalue weighted by Crippen LogP contribution is 2.24. The quantitative estimate of drug-likeness (QED) is 0.639. The van der Waals surface area contributed by atoms with Gasteiger partial charge in [0, 0.05) is 43.6 Å². The number of nitrogens with zero attached hydrogens (tertiary/aromatic N) is 4. The number of benzene rings is 1. The predicted molar refractivity (Wildman–Crippen MR) is 113 cm³/mol. The summed E-state index contributed by atoms with van der Waals surface area (Å²) in [6.07, 6.45) is 0.681. The van der Waals surface area contributed by atoms with Crippen LogP contribution in [0.4, 0.5) is 5.13 Å². The summed E-state index contributed by atoms with van der Waals surface area (Å²) in [6.45, 7) is 4.33. The number of hydrogen-bond donors (Lipinski definition) is 0. The summed E-state index contributed by atoms with van der Waals surface area (Å²) in [4.78, 5) is 22.4. The van der Waals surface area contributed by atoms with Crippen molar-refractivity contribution in [2.45, 2.75) is 19.4 Å². The molecule has 0 N–H and O–H groups in total. The number of anilines is 1. The molecule has 1 saturated heterocycles. The van der Waals surface area contributed by atoms with E-state index in [-0.39, 0.29) is 11.9 Å². The molecule has 0 spiro atoms. The highest BCUT2D eigenvalue weighted by atomic mass is 32.1. The van der Waals surface area contributed by atoms with Gasteiger partial charge in [-0.15, -0.1) is 11.3 Å². The number of hydrogen-bond acceptors (Lipinski definition) is 7. The molecule has 1 unspecified atom stereocenters. The summed E-state index contributed by atoms with van der Waals surface area (Å²) in [7, 11) is 1.67. The Bertz CT molecular complexity index is 941. The van der Waals surface area contributed by atoms with Crippen molar-refractivity contribution in [3.63, 3.8) is 0 Å². The second kappa shape index (κ2) is 8.28. The van der Waals surface area contributed by atoms with Crippen LogP contribution in [0, 0.1) is 0 Å². The lowest BCUT2D eigenvalue weighted by atomic mass is 10.1. The lowest BCUT2D eigenvalue weighted by molar-refractivity contribution is 0.0679. The smallest absolute Gasteiger partial charge is 0.264 e. The highest BCUT2D eigenvalue weighted by molar-refractivity contribution is 7.12. The Morgan fingerprint density at radius 2 is 2.18 bits per heavy atom. The number of piperazine rings is 1. The number of carbonyl (C=O) groups excluding carboxylic acids is 1. The van der Waals surface area contributed by atoms with Gasteiger partial charge in [0.15, 0.2) is 0 Å². The van der Waals surface area contributed by atoms with Crippen molar-refractivity contribution < 1.29 is 9.53 Å². The molecule has 8 heteroatoms. The Hall–Kier alpha value is -2.45. The van der Waals surface area contributed by atoms with Crippen molar-refractivity contribution in [3.8, 4) is 5.75 Å². The molecule has 146 valence electrons. The van der Waals surface area contributed by atoms with Crippen LogP contribution in [-0.2, 0) is 6.42 Å². The summed E-state index contributed by atoms with van der Waals surface area (Å²) in [5.41, 5.74) is 1.13. The van der Waals surface area contributed by atoms with Gasteiger partial charge in [-0.1, -0.05) is 18.2 Å². The molecule has 4 rings (SSSR count). The van der Waals surface area contributed by atoms with E-state index in [9.17, 15) is 4.79 Å². The normalized spacial score (nSPS) is 17.0. The molecule has 0 saturated carbocycles. The Kier molecular flexibility index (Phi) is 5.59. The number of aromatic nitrogens is 2. The minimum Gasteiger partial charge on any atom is -0.497 e. The van der Waals surface area contributed by atoms with Gasteiger partial charge in [-0.3, -0.25) is 4.79 Å². The first kappa shape index (κ1) is 18.9. The van der Waals surface area contributed by atoms with Gasteiger partial charge in [0.2, 0.25) is 5.13 Å². The maximum Gasteiger partial charge on any atom is 0.264 e. The SMILES string of the molecule is COc1cccc(Cc2nsc(N3CCN(C(=O)c4cccs4)C(C)C3)n2)c1. The molecule has 28 heavy (non-hydrogen) atoms. The lowest BCUT2D eigenvalue weighted by Gasteiger charge is -2.39. The van der Waals surface area contributed by atoms with E-state index in [1.807, 2.05) is 40.6 Å². The van der Waals surface area contributed by atoms with Crippen molar-refractivity contribution in [2.75, 3.05) is 31.6 Å². The minimum atomic E-state index is 0.123. The van der Waals surface area contributed by atoms with E-state index in [0.717, 1.165) is 40.2 Å². The first-order valence-electron chi connectivity index (χ1n) is 9.19. The van der Waals surface area contributed by atoms with Crippen molar-refractivity contribution in [1.29, 1.82) is 0 Å². The second-order valence-corrected chi connectivity index (χ2v) is 8.47. The molecule has 1 aliphatic heterocycles. The third kappa shape index (κ3) is 4.02. The van der Waals surface area contributed by atoms with Gasteiger partial charge < -0.3 is 14.5 Å². The van der Waals surface area contributed by atoms with Crippen LogP contribution in [0.25, 0.3) is 0 Å². The molecule has 3 heterocycles. The molecule has 0 radical (unpaired) electrons. The van der Waals surface area contributed by atoms with Crippen LogP contribution in [-0.4, -0.2) is 53.0 Å². The molecule has 1 aliphatic rings. The molecule has 1 fully saturated rings. The Morgan fingerprint density at radius 3 is 2.93 bits per heavy atom. The minimum absolute atomic E-state index is 0.123. The topological polar surface area (TPSA) is 58.6 Å². The molecular formula is C20H22N4O2S2. The van der Waals surface area contributed by atoms with Gasteiger partial charge in [0.1, 0.15) is 11.6 Å². The standard InChI is InChI=1S/C20H22N4O2S2/c1-14-13-23(8-9-24(14)19(25)17-7-4-10-27-17)20-21-18(22-28-20)12-15-5-3-6-16(11-15)26-2/h3-7,10-11,14H,8-9,12-13H2,1-2H3. The molecule has 1 amide bonds. The Labute approximate surface area is 172 Å². The van der Waals surface area contributed by atoms with Crippen LogP contribution in [0.15, 0.2) is 41.8 Å². The number of thiophene rings is 1. The average Bonchev–Trinajstić information content (AvgIpc) is 3.40. The van der Waals surface area contributed by atoms with Crippen molar-refractivity contribution in [3.05, 3.63) is 58.0 Å². The van der Waals surface area contributed by atoms with Crippen LogP contribution in [0.2, 0.25) is 0 Å². The van der Waals surface area contributed by atoms with Crippen molar-refractivity contribution in [1.82, 2.24) is 14.3 Å². The van der Waals surface area contributed by atoms with E-state index in [2.05, 4.69) is 22.3 Å². The average molecular weight is 415 g/mol. The first-order valence-corrected chi connectivity index (χ1v) is 10.8. The van der Waals surface area contributed by atoms with Crippen LogP contribution in [0.1, 0.15) is 28.0 Å². The maximum atomic E-state index is 12.7. The lowest BCUT2D eigenvalue weighted by Crippen LogP contribution is -2.54. The molecule has 0 bridgehead atoms. The van der Waals surface area contributed by atoms with E-state index >= 15 is 0 Å². The van der Waals surface area contributed by atoms with E-state index < -0.39 is 0 Å². The molecule has 6 nitrogen and oxygen atoms in total. The fraction of sp³-hybridized carbons (Fsp3) is 0.350. The number of amides is 1. The fourth-order valence-corrected chi connectivity index (χ4v) is 4.78. The maximum absolute atomic E-state index is 12.7. The van der Waals surface area contributed by atoms with Crippen molar-refractivity contribution in [2.24, 2.45) is 0 Å². The molecule has 2 aromatic heterocycles. The highest BCUT2D eigenvalue weighted by Gasteiger charge is 2.30. The van der Waals surface area contributed by atoms with Gasteiger partial charge >= 0.3 is 0 Å². The second-order valence-electron chi connectivity index (χ2n) is 6.79. The zero-order valence-corrected chi connectivity index (χ0v) is 17.5. The summed E-state index contributed by atoms with van der Waals surface area (Å²) in [5, 5.41) is 2.87. The molecular weight excluding hydrogens is 392 g/mol. The predicted octanol–water partition coefficient (Wildman–Crippen LogP) is 3.55. The van der Waals surface area contributed by atoms with E-state index in [4.69, 9.17) is 9.72 Å². The Morgan fingerprint density at radius 1 is 1.29 bits per heavy atom. The van der Waals surface area contributed by atoms with Gasteiger partial charge in [0.25, 0.3) is 5.91 Å². The van der Waals surface area contributed by atoms with Gasteiger partial charge in [-0.25, -0.2) is 4.98 Å². The van der Waals surface area contributed by atoms with Gasteiger partial charge in [-0.2, -0.15) is 4.37 Å². The van der Waals surface area contributed by atoms with Gasteiger partial charge in [-0.05, 0) is 36.1 Å². The molecule has 1 atom stereocenters. The Balaban J connectivity index is 1.40. The summed E-state index contributed by atoms with van der Waals surface area (Å²) in [5.74, 6) is 1.78. The van der Waals surface area contributed by atoms with E-state index in [1.165, 1.54) is 22.9 Å². The summed E-state index contributed by atoms with van der Waals surface area (Å²) >= 11 is 2.92. The fourth-order valence-electron chi connectivity index (χ4n) is 3.38. The van der Waals surface area contributed by atoms with E-state index in [1.54, 1.807) is 7.11 Å². The third-order valence-corrected chi connectivity index (χ3v) is 6.52. The molecule has 3 aromatic rings. The summed E-state index contributed by atoms with van der Waals surface area (Å²) in [6, 6.07) is 11.9. The van der Waals surface area contributed by atoms with Gasteiger partial charge in [0.05, 0.1) is 12.0 Å².